The van der Waals surface area contributed by atoms with Gasteiger partial charge in [0.2, 0.25) is 0 Å². The highest BCUT2D eigenvalue weighted by atomic mass is 19.4. The van der Waals surface area contributed by atoms with Gasteiger partial charge in [-0.3, -0.25) is 4.79 Å². The van der Waals surface area contributed by atoms with E-state index in [4.69, 9.17) is 18.9 Å². The predicted octanol–water partition coefficient (Wildman–Crippen LogP) is -1.33. The van der Waals surface area contributed by atoms with Crippen LogP contribution in [0.25, 0.3) is 0 Å². The van der Waals surface area contributed by atoms with Crippen molar-refractivity contribution in [2.45, 2.75) is 113 Å². The average molecular weight is 550 g/mol. The van der Waals surface area contributed by atoms with Crippen molar-refractivity contribution >= 4 is 5.91 Å². The second-order valence-electron chi connectivity index (χ2n) is 9.21. The van der Waals surface area contributed by atoms with Crippen molar-refractivity contribution in [2.24, 2.45) is 0 Å². The van der Waals surface area contributed by atoms with Gasteiger partial charge in [0.25, 0.3) is 0 Å². The smallest absolute Gasteiger partial charge is 0.388 e. The summed E-state index contributed by atoms with van der Waals surface area (Å²) in [6.45, 7) is 0.914. The van der Waals surface area contributed by atoms with Crippen molar-refractivity contribution in [1.29, 1.82) is 0 Å². The number of carbonyl (C=O) groups is 1. The Morgan fingerprint density at radius 1 is 0.757 bits per heavy atom. The Labute approximate surface area is 212 Å². The minimum Gasteiger partial charge on any atom is -0.388 e. The SMILES string of the molecule is CCCCCCCCO[C@H]1O[C@H](CO[C@H]2O[C@H](CNC(=O)C(F)(F)F)[C@@H](O)[C@H](O)[C@H]2O)[C@@H](O)[C@H](O)[C@@H]1O. The van der Waals surface area contributed by atoms with Gasteiger partial charge in [0.1, 0.15) is 48.8 Å². The molecule has 0 aliphatic carbocycles. The van der Waals surface area contributed by atoms with Crippen molar-refractivity contribution in [1.82, 2.24) is 5.32 Å². The lowest BCUT2D eigenvalue weighted by Gasteiger charge is -2.43. The second kappa shape index (κ2) is 14.9. The van der Waals surface area contributed by atoms with Gasteiger partial charge in [-0.2, -0.15) is 13.2 Å². The van der Waals surface area contributed by atoms with Crippen LogP contribution in [0.5, 0.6) is 0 Å². The third-order valence-electron chi connectivity index (χ3n) is 6.26. The van der Waals surface area contributed by atoms with Crippen molar-refractivity contribution in [3.63, 3.8) is 0 Å². The van der Waals surface area contributed by atoms with E-state index >= 15 is 0 Å². The first-order valence-electron chi connectivity index (χ1n) is 12.4. The molecule has 2 aliphatic heterocycles. The van der Waals surface area contributed by atoms with E-state index in [2.05, 4.69) is 6.92 Å². The lowest BCUT2D eigenvalue weighted by atomic mass is 9.98. The predicted molar refractivity (Wildman–Crippen MR) is 118 cm³/mol. The molecule has 15 heteroatoms. The number of aliphatic hydroxyl groups is 6. The van der Waals surface area contributed by atoms with Crippen LogP contribution in [0, 0.1) is 0 Å². The van der Waals surface area contributed by atoms with Crippen LogP contribution < -0.4 is 5.32 Å². The van der Waals surface area contributed by atoms with Gasteiger partial charge in [-0.1, -0.05) is 39.0 Å². The van der Waals surface area contributed by atoms with Crippen LogP contribution in [-0.2, 0) is 23.7 Å². The van der Waals surface area contributed by atoms with Gasteiger partial charge in [-0.05, 0) is 6.42 Å². The maximum Gasteiger partial charge on any atom is 0.471 e. The average Bonchev–Trinajstić information content (AvgIpc) is 2.85. The number of halogens is 3. The number of ether oxygens (including phenoxy) is 4. The highest BCUT2D eigenvalue weighted by Gasteiger charge is 2.48. The highest BCUT2D eigenvalue weighted by Crippen LogP contribution is 2.26. The Morgan fingerprint density at radius 2 is 1.27 bits per heavy atom. The van der Waals surface area contributed by atoms with Crippen LogP contribution in [0.15, 0.2) is 0 Å². The molecule has 2 heterocycles. The molecule has 2 saturated heterocycles. The number of carbonyl (C=O) groups excluding carboxylic acids is 1. The first-order chi connectivity index (χ1) is 17.4. The monoisotopic (exact) mass is 549 g/mol. The Balaban J connectivity index is 1.89. The van der Waals surface area contributed by atoms with E-state index in [1.165, 1.54) is 5.32 Å². The fourth-order valence-electron chi connectivity index (χ4n) is 3.98. The van der Waals surface area contributed by atoms with Crippen LogP contribution in [0.3, 0.4) is 0 Å². The number of unbranched alkanes of at least 4 members (excludes halogenated alkanes) is 5. The van der Waals surface area contributed by atoms with Crippen LogP contribution in [0.1, 0.15) is 45.4 Å². The molecule has 0 aromatic carbocycles. The summed E-state index contributed by atoms with van der Waals surface area (Å²) in [5.74, 6) is -2.29. The van der Waals surface area contributed by atoms with E-state index in [9.17, 15) is 48.6 Å². The van der Waals surface area contributed by atoms with Crippen LogP contribution >= 0.6 is 0 Å². The number of alkyl halides is 3. The summed E-state index contributed by atoms with van der Waals surface area (Å²) in [4.78, 5) is 11.0. The molecule has 2 aliphatic rings. The van der Waals surface area contributed by atoms with Crippen LogP contribution in [0.2, 0.25) is 0 Å². The minimum absolute atomic E-state index is 0.226. The number of aliphatic hydroxyl groups excluding tert-OH is 6. The van der Waals surface area contributed by atoms with Gasteiger partial charge < -0.3 is 54.9 Å². The number of hydrogen-bond donors (Lipinski definition) is 7. The zero-order chi connectivity index (χ0) is 27.8. The fourth-order valence-corrected chi connectivity index (χ4v) is 3.98. The summed E-state index contributed by atoms with van der Waals surface area (Å²) in [7, 11) is 0. The van der Waals surface area contributed by atoms with Crippen molar-refractivity contribution in [2.75, 3.05) is 19.8 Å². The normalized spacial score (nSPS) is 36.9. The molecule has 2 rings (SSSR count). The fraction of sp³-hybridized carbons (Fsp3) is 0.955. The van der Waals surface area contributed by atoms with Gasteiger partial charge in [-0.15, -0.1) is 0 Å². The molecule has 218 valence electrons. The number of nitrogens with one attached hydrogen (secondary N) is 1. The zero-order valence-corrected chi connectivity index (χ0v) is 20.5. The van der Waals surface area contributed by atoms with Gasteiger partial charge >= 0.3 is 12.1 Å². The molecule has 0 saturated carbocycles. The summed E-state index contributed by atoms with van der Waals surface area (Å²) in [6, 6.07) is 0. The number of amides is 1. The lowest BCUT2D eigenvalue weighted by molar-refractivity contribution is -0.328. The summed E-state index contributed by atoms with van der Waals surface area (Å²) in [5, 5.41) is 62.3. The molecule has 1 amide bonds. The Bertz CT molecular complexity index is 689. The zero-order valence-electron chi connectivity index (χ0n) is 20.5. The topological polar surface area (TPSA) is 187 Å². The molecule has 0 radical (unpaired) electrons. The van der Waals surface area contributed by atoms with Crippen LogP contribution in [0.4, 0.5) is 13.2 Å². The summed E-state index contributed by atoms with van der Waals surface area (Å²) in [6.07, 6.45) is -15.5. The molecule has 0 spiro atoms. The molecule has 7 N–H and O–H groups in total. The van der Waals surface area contributed by atoms with Crippen LogP contribution in [-0.4, -0.2) is 124 Å². The Morgan fingerprint density at radius 3 is 1.86 bits per heavy atom. The quantitative estimate of drug-likeness (QED) is 0.135. The molecule has 12 nitrogen and oxygen atoms in total. The molecule has 0 bridgehead atoms. The molecule has 0 unspecified atom stereocenters. The van der Waals surface area contributed by atoms with E-state index in [0.717, 1.165) is 32.1 Å². The van der Waals surface area contributed by atoms with E-state index in [0.29, 0.717) is 6.42 Å². The second-order valence-corrected chi connectivity index (χ2v) is 9.21. The van der Waals surface area contributed by atoms with Gasteiger partial charge in [0.05, 0.1) is 6.61 Å². The summed E-state index contributed by atoms with van der Waals surface area (Å²) in [5.41, 5.74) is 0. The Kier molecular flexibility index (Phi) is 12.9. The van der Waals surface area contributed by atoms with Gasteiger partial charge in [0.15, 0.2) is 12.6 Å². The molecule has 0 aromatic heterocycles. The first-order valence-corrected chi connectivity index (χ1v) is 12.4. The number of rotatable bonds is 13. The van der Waals surface area contributed by atoms with Gasteiger partial charge in [0, 0.05) is 13.2 Å². The van der Waals surface area contributed by atoms with E-state index < -0.39 is 86.6 Å². The molecule has 37 heavy (non-hydrogen) atoms. The third kappa shape index (κ3) is 9.23. The minimum atomic E-state index is -5.18. The summed E-state index contributed by atoms with van der Waals surface area (Å²) >= 11 is 0. The largest absolute Gasteiger partial charge is 0.471 e. The van der Waals surface area contributed by atoms with Crippen molar-refractivity contribution < 1.29 is 67.6 Å². The van der Waals surface area contributed by atoms with Crippen molar-refractivity contribution in [3.05, 3.63) is 0 Å². The Hall–Kier alpha value is -1.14. The molecular weight excluding hydrogens is 511 g/mol. The van der Waals surface area contributed by atoms with Gasteiger partial charge in [-0.25, -0.2) is 0 Å². The molecular formula is C22H38F3NO11. The highest BCUT2D eigenvalue weighted by molar-refractivity contribution is 5.81. The van der Waals surface area contributed by atoms with E-state index in [1.54, 1.807) is 0 Å². The standard InChI is InChI=1S/C22H38F3NO11/c1-2-3-4-5-6-7-8-34-19-17(31)16(30)14(28)12(37-19)10-35-20-18(32)15(29)13(27)11(36-20)9-26-21(33)22(23,24)25/h11-20,27-32H,2-10H2,1H3,(H,26,33)/t11-,12-,13-,14-,15+,16+,17+,18-,19+,20+/m1/s1. The summed E-state index contributed by atoms with van der Waals surface area (Å²) < 4.78 is 58.8. The molecule has 2 fully saturated rings. The molecule has 10 atom stereocenters. The maximum atomic E-state index is 12.4. The third-order valence-corrected chi connectivity index (χ3v) is 6.26. The maximum absolute atomic E-state index is 12.4. The van der Waals surface area contributed by atoms with E-state index in [-0.39, 0.29) is 6.61 Å². The first kappa shape index (κ1) is 32.1. The lowest BCUT2D eigenvalue weighted by Crippen LogP contribution is -2.62. The van der Waals surface area contributed by atoms with Crippen molar-refractivity contribution in [3.8, 4) is 0 Å². The molecule has 0 aromatic rings. The van der Waals surface area contributed by atoms with E-state index in [1.807, 2.05) is 0 Å². The number of hydrogen-bond acceptors (Lipinski definition) is 11.